The highest BCUT2D eigenvalue weighted by molar-refractivity contribution is 5.09. The van der Waals surface area contributed by atoms with Crippen LogP contribution in [0.1, 0.15) is 32.0 Å². The molecule has 17 heavy (non-hydrogen) atoms. The van der Waals surface area contributed by atoms with E-state index in [1.165, 1.54) is 0 Å². The summed E-state index contributed by atoms with van der Waals surface area (Å²) in [6, 6.07) is 0. The van der Waals surface area contributed by atoms with Gasteiger partial charge in [0.1, 0.15) is 11.4 Å². The van der Waals surface area contributed by atoms with Crippen molar-refractivity contribution in [3.63, 3.8) is 0 Å². The maximum absolute atomic E-state index is 12.7. The molecule has 0 atom stereocenters. The molecule has 3 nitrogen and oxygen atoms in total. The molecule has 0 amide bonds. The van der Waals surface area contributed by atoms with Gasteiger partial charge in [-0.3, -0.25) is 5.32 Å². The summed E-state index contributed by atoms with van der Waals surface area (Å²) in [7, 11) is 0. The second kappa shape index (κ2) is 4.33. The molecule has 1 heterocycles. The van der Waals surface area contributed by atoms with E-state index in [0.29, 0.717) is 5.82 Å². The first-order valence-electron chi connectivity index (χ1n) is 5.80. The maximum Gasteiger partial charge on any atom is 0.406 e. The number of alkyl halides is 3. The Kier molecular flexibility index (Phi) is 3.16. The Hall–Kier alpha value is -1.04. The van der Waals surface area contributed by atoms with E-state index in [-0.39, 0.29) is 19.4 Å². The average Bonchev–Trinajstić information content (AvgIpc) is 2.93. The van der Waals surface area contributed by atoms with E-state index in [0.717, 1.165) is 13.0 Å². The van der Waals surface area contributed by atoms with Gasteiger partial charge < -0.3 is 4.57 Å². The van der Waals surface area contributed by atoms with Crippen molar-refractivity contribution < 1.29 is 13.2 Å². The van der Waals surface area contributed by atoms with E-state index in [9.17, 15) is 13.2 Å². The number of aromatic nitrogens is 2. The Morgan fingerprint density at radius 1 is 1.47 bits per heavy atom. The zero-order valence-electron chi connectivity index (χ0n) is 9.72. The lowest BCUT2D eigenvalue weighted by molar-refractivity contribution is -0.166. The molecule has 1 N–H and O–H groups in total. The first kappa shape index (κ1) is 12.4. The highest BCUT2D eigenvalue weighted by Crippen LogP contribution is 2.48. The fraction of sp³-hybridized carbons (Fsp3) is 0.727. The molecule has 0 spiro atoms. The molecule has 0 aromatic carbocycles. The number of halogens is 3. The molecule has 0 radical (unpaired) electrons. The van der Waals surface area contributed by atoms with Gasteiger partial charge in [0.25, 0.3) is 0 Å². The Balaban J connectivity index is 1.96. The topological polar surface area (TPSA) is 29.9 Å². The standard InChI is InChI=1S/C11H16F3N3/c1-2-6-17-7-5-15-9(17)8-16-10(3-4-10)11(12,13)14/h5,7,16H,2-4,6,8H2,1H3. The highest BCUT2D eigenvalue weighted by Gasteiger charge is 2.63. The van der Waals surface area contributed by atoms with Crippen LogP contribution in [0.3, 0.4) is 0 Å². The van der Waals surface area contributed by atoms with Crippen molar-refractivity contribution in [3.05, 3.63) is 18.2 Å². The van der Waals surface area contributed by atoms with Crippen LogP contribution >= 0.6 is 0 Å². The quantitative estimate of drug-likeness (QED) is 0.866. The summed E-state index contributed by atoms with van der Waals surface area (Å²) in [4.78, 5) is 4.08. The molecule has 1 aromatic rings. The van der Waals surface area contributed by atoms with Crippen LogP contribution in [0.4, 0.5) is 13.2 Å². The predicted octanol–water partition coefficient (Wildman–Crippen LogP) is 2.48. The molecule has 0 saturated heterocycles. The highest BCUT2D eigenvalue weighted by atomic mass is 19.4. The van der Waals surface area contributed by atoms with Crippen LogP contribution in [0, 0.1) is 0 Å². The number of rotatable bonds is 5. The smallest absolute Gasteiger partial charge is 0.334 e. The van der Waals surface area contributed by atoms with Crippen LogP contribution < -0.4 is 5.32 Å². The van der Waals surface area contributed by atoms with E-state index in [1.54, 1.807) is 12.4 Å². The number of hydrogen-bond donors (Lipinski definition) is 1. The Labute approximate surface area is 98.0 Å². The first-order chi connectivity index (χ1) is 7.98. The van der Waals surface area contributed by atoms with E-state index >= 15 is 0 Å². The summed E-state index contributed by atoms with van der Waals surface area (Å²) < 4.78 is 39.9. The van der Waals surface area contributed by atoms with Gasteiger partial charge >= 0.3 is 6.18 Å². The molecule has 0 aliphatic heterocycles. The van der Waals surface area contributed by atoms with Crippen LogP contribution in [0.5, 0.6) is 0 Å². The largest absolute Gasteiger partial charge is 0.406 e. The molecule has 6 heteroatoms. The van der Waals surface area contributed by atoms with Crippen molar-refractivity contribution >= 4 is 0 Å². The molecule has 1 saturated carbocycles. The third-order valence-electron chi connectivity index (χ3n) is 3.14. The molecular formula is C11H16F3N3. The van der Waals surface area contributed by atoms with Gasteiger partial charge in [-0.2, -0.15) is 13.2 Å². The zero-order chi connectivity index (χ0) is 12.5. The van der Waals surface area contributed by atoms with Crippen molar-refractivity contribution in [1.29, 1.82) is 0 Å². The van der Waals surface area contributed by atoms with Gasteiger partial charge in [-0.1, -0.05) is 6.92 Å². The number of nitrogens with zero attached hydrogens (tertiary/aromatic N) is 2. The second-order valence-electron chi connectivity index (χ2n) is 4.47. The molecule has 2 rings (SSSR count). The summed E-state index contributed by atoms with van der Waals surface area (Å²) in [6.45, 7) is 2.98. The molecule has 1 aromatic heterocycles. The average molecular weight is 247 g/mol. The van der Waals surface area contributed by atoms with E-state index < -0.39 is 11.7 Å². The van der Waals surface area contributed by atoms with Crippen molar-refractivity contribution in [2.75, 3.05) is 0 Å². The van der Waals surface area contributed by atoms with Crippen LogP contribution in [0.25, 0.3) is 0 Å². The van der Waals surface area contributed by atoms with E-state index in [4.69, 9.17) is 0 Å². The summed E-state index contributed by atoms with van der Waals surface area (Å²) in [6.07, 6.45) is 0.548. The Morgan fingerprint density at radius 3 is 2.71 bits per heavy atom. The molecule has 1 aliphatic carbocycles. The lowest BCUT2D eigenvalue weighted by atomic mass is 10.2. The van der Waals surface area contributed by atoms with Crippen molar-refractivity contribution in [1.82, 2.24) is 14.9 Å². The number of imidazole rings is 1. The Morgan fingerprint density at radius 2 is 2.18 bits per heavy atom. The lowest BCUT2D eigenvalue weighted by Gasteiger charge is -2.20. The molecule has 0 unspecified atom stereocenters. The molecular weight excluding hydrogens is 231 g/mol. The van der Waals surface area contributed by atoms with Crippen molar-refractivity contribution in [3.8, 4) is 0 Å². The van der Waals surface area contributed by atoms with Crippen LogP contribution in [0.15, 0.2) is 12.4 Å². The molecule has 1 aliphatic rings. The van der Waals surface area contributed by atoms with Crippen molar-refractivity contribution in [2.45, 2.75) is 51.0 Å². The van der Waals surface area contributed by atoms with Crippen LogP contribution in [0.2, 0.25) is 0 Å². The molecule has 0 bridgehead atoms. The normalized spacial score (nSPS) is 18.4. The summed E-state index contributed by atoms with van der Waals surface area (Å²) in [5.74, 6) is 0.669. The zero-order valence-corrected chi connectivity index (χ0v) is 9.72. The number of aryl methyl sites for hydroxylation is 1. The number of hydrogen-bond acceptors (Lipinski definition) is 2. The van der Waals surface area contributed by atoms with Crippen LogP contribution in [-0.4, -0.2) is 21.3 Å². The van der Waals surface area contributed by atoms with Gasteiger partial charge in [0.2, 0.25) is 0 Å². The fourth-order valence-corrected chi connectivity index (χ4v) is 1.89. The fourth-order valence-electron chi connectivity index (χ4n) is 1.89. The van der Waals surface area contributed by atoms with Gasteiger partial charge in [0.05, 0.1) is 6.54 Å². The van der Waals surface area contributed by atoms with Gasteiger partial charge in [0, 0.05) is 18.9 Å². The predicted molar refractivity (Wildman–Crippen MR) is 57.4 cm³/mol. The van der Waals surface area contributed by atoms with Crippen LogP contribution in [-0.2, 0) is 13.1 Å². The van der Waals surface area contributed by atoms with Gasteiger partial charge in [0.15, 0.2) is 0 Å². The van der Waals surface area contributed by atoms with Gasteiger partial charge in [-0.25, -0.2) is 4.98 Å². The molecule has 1 fully saturated rings. The summed E-state index contributed by atoms with van der Waals surface area (Å²) in [5, 5.41) is 2.60. The monoisotopic (exact) mass is 247 g/mol. The lowest BCUT2D eigenvalue weighted by Crippen LogP contribution is -2.44. The third kappa shape index (κ3) is 2.46. The minimum atomic E-state index is -4.16. The molecule has 96 valence electrons. The second-order valence-corrected chi connectivity index (χ2v) is 4.47. The first-order valence-corrected chi connectivity index (χ1v) is 5.80. The minimum absolute atomic E-state index is 0.172. The minimum Gasteiger partial charge on any atom is -0.334 e. The van der Waals surface area contributed by atoms with E-state index in [1.807, 2.05) is 11.5 Å². The van der Waals surface area contributed by atoms with Gasteiger partial charge in [-0.05, 0) is 19.3 Å². The summed E-state index contributed by atoms with van der Waals surface area (Å²) >= 11 is 0. The SMILES string of the molecule is CCCn1ccnc1CNC1(C(F)(F)F)CC1. The number of nitrogens with one attached hydrogen (secondary N) is 1. The maximum atomic E-state index is 12.7. The van der Waals surface area contributed by atoms with Crippen molar-refractivity contribution in [2.24, 2.45) is 0 Å². The third-order valence-corrected chi connectivity index (χ3v) is 3.14. The Bertz CT molecular complexity index is 380. The van der Waals surface area contributed by atoms with Gasteiger partial charge in [-0.15, -0.1) is 0 Å². The summed E-state index contributed by atoms with van der Waals surface area (Å²) in [5.41, 5.74) is -1.66. The van der Waals surface area contributed by atoms with E-state index in [2.05, 4.69) is 10.3 Å².